The number of nitrogens with one attached hydrogen (secondary N) is 2. The fraction of sp³-hybridized carbons (Fsp3) is 0.0870. The average molecular weight is 433 g/mol. The van der Waals surface area contributed by atoms with Gasteiger partial charge in [0.2, 0.25) is 10.0 Å². The lowest BCUT2D eigenvalue weighted by Gasteiger charge is -2.13. The van der Waals surface area contributed by atoms with E-state index in [-0.39, 0.29) is 12.5 Å². The first-order valence-corrected chi connectivity index (χ1v) is 11.4. The number of benzene rings is 2. The molecule has 2 aromatic carbocycles. The van der Waals surface area contributed by atoms with Crippen LogP contribution >= 0.6 is 0 Å². The first-order chi connectivity index (χ1) is 14.9. The Morgan fingerprint density at radius 1 is 1.00 bits per heavy atom. The minimum Gasteiger partial charge on any atom is -0.348 e. The van der Waals surface area contributed by atoms with Gasteiger partial charge in [0.15, 0.2) is 0 Å². The number of fused-ring (bicyclic) bond motifs is 1. The summed E-state index contributed by atoms with van der Waals surface area (Å²) in [6, 6.07) is 19.8. The highest BCUT2D eigenvalue weighted by Gasteiger charge is 2.15. The molecule has 4 rings (SSSR count). The summed E-state index contributed by atoms with van der Waals surface area (Å²) in [7, 11) is -3.43. The third-order valence-corrected chi connectivity index (χ3v) is 5.26. The van der Waals surface area contributed by atoms with Crippen LogP contribution in [-0.4, -0.2) is 30.5 Å². The second kappa shape index (κ2) is 8.53. The highest BCUT2D eigenvalue weighted by Crippen LogP contribution is 2.25. The number of sulfonamides is 1. The van der Waals surface area contributed by atoms with Gasteiger partial charge in [0.1, 0.15) is 0 Å². The predicted octanol–water partition coefficient (Wildman–Crippen LogP) is 3.60. The molecule has 7 nitrogen and oxygen atoms in total. The van der Waals surface area contributed by atoms with Crippen LogP contribution in [0.25, 0.3) is 22.2 Å². The molecule has 156 valence electrons. The molecule has 0 bridgehead atoms. The SMILES string of the molecule is CS(=O)(=O)Nc1ccccc1CNC(=O)c1cc(-c2cccnc2)nc2ccccc12. The van der Waals surface area contributed by atoms with E-state index in [0.29, 0.717) is 28.0 Å². The summed E-state index contributed by atoms with van der Waals surface area (Å²) in [5.74, 6) is -0.280. The molecule has 1 amide bonds. The topological polar surface area (TPSA) is 101 Å². The van der Waals surface area contributed by atoms with Gasteiger partial charge in [0.25, 0.3) is 5.91 Å². The van der Waals surface area contributed by atoms with Crippen LogP contribution in [0, 0.1) is 0 Å². The van der Waals surface area contributed by atoms with Gasteiger partial charge in [-0.1, -0.05) is 36.4 Å². The Balaban J connectivity index is 1.66. The number of carbonyl (C=O) groups is 1. The number of aromatic nitrogens is 2. The molecule has 0 radical (unpaired) electrons. The molecule has 8 heteroatoms. The van der Waals surface area contributed by atoms with Crippen molar-refractivity contribution in [3.8, 4) is 11.3 Å². The van der Waals surface area contributed by atoms with Crippen LogP contribution in [0.4, 0.5) is 5.69 Å². The second-order valence-electron chi connectivity index (χ2n) is 7.03. The lowest BCUT2D eigenvalue weighted by Crippen LogP contribution is -2.24. The van der Waals surface area contributed by atoms with Crippen LogP contribution in [0.3, 0.4) is 0 Å². The highest BCUT2D eigenvalue weighted by molar-refractivity contribution is 7.92. The maximum Gasteiger partial charge on any atom is 0.252 e. The van der Waals surface area contributed by atoms with Crippen LogP contribution < -0.4 is 10.0 Å². The normalized spacial score (nSPS) is 11.3. The predicted molar refractivity (Wildman–Crippen MR) is 121 cm³/mol. The van der Waals surface area contributed by atoms with Crippen LogP contribution in [0.5, 0.6) is 0 Å². The van der Waals surface area contributed by atoms with E-state index in [4.69, 9.17) is 0 Å². The largest absolute Gasteiger partial charge is 0.348 e. The quantitative estimate of drug-likeness (QED) is 0.485. The maximum atomic E-state index is 13.1. The number of hydrogen-bond donors (Lipinski definition) is 2. The molecular formula is C23H20N4O3S. The van der Waals surface area contributed by atoms with Crippen molar-refractivity contribution in [1.82, 2.24) is 15.3 Å². The highest BCUT2D eigenvalue weighted by atomic mass is 32.2. The van der Waals surface area contributed by atoms with Crippen molar-refractivity contribution < 1.29 is 13.2 Å². The van der Waals surface area contributed by atoms with E-state index in [0.717, 1.165) is 17.2 Å². The van der Waals surface area contributed by atoms with Gasteiger partial charge in [0, 0.05) is 29.9 Å². The summed E-state index contributed by atoms with van der Waals surface area (Å²) >= 11 is 0. The molecule has 0 saturated carbocycles. The number of nitrogens with zero attached hydrogens (tertiary/aromatic N) is 2. The van der Waals surface area contributed by atoms with Crippen LogP contribution in [0.2, 0.25) is 0 Å². The van der Waals surface area contributed by atoms with Crippen LogP contribution in [0.1, 0.15) is 15.9 Å². The zero-order valence-corrected chi connectivity index (χ0v) is 17.6. The summed E-state index contributed by atoms with van der Waals surface area (Å²) in [5.41, 5.74) is 3.74. The average Bonchev–Trinajstić information content (AvgIpc) is 2.77. The molecule has 0 atom stereocenters. The number of pyridine rings is 2. The van der Waals surface area contributed by atoms with Crippen molar-refractivity contribution in [3.63, 3.8) is 0 Å². The minimum absolute atomic E-state index is 0.163. The van der Waals surface area contributed by atoms with Gasteiger partial charge >= 0.3 is 0 Å². The Kier molecular flexibility index (Phi) is 5.64. The molecule has 4 aromatic rings. The van der Waals surface area contributed by atoms with Gasteiger partial charge in [-0.3, -0.25) is 14.5 Å². The number of hydrogen-bond acceptors (Lipinski definition) is 5. The molecule has 2 heterocycles. The maximum absolute atomic E-state index is 13.1. The van der Waals surface area contributed by atoms with Crippen molar-refractivity contribution >= 4 is 32.5 Å². The molecule has 2 N–H and O–H groups in total. The Hall–Kier alpha value is -3.78. The fourth-order valence-electron chi connectivity index (χ4n) is 3.27. The molecule has 31 heavy (non-hydrogen) atoms. The van der Waals surface area contributed by atoms with E-state index in [1.165, 1.54) is 0 Å². The number of carbonyl (C=O) groups excluding carboxylic acids is 1. The van der Waals surface area contributed by atoms with Gasteiger partial charge in [0.05, 0.1) is 28.7 Å². The Morgan fingerprint density at radius 3 is 2.55 bits per heavy atom. The van der Waals surface area contributed by atoms with Crippen molar-refractivity contribution in [2.45, 2.75) is 6.54 Å². The van der Waals surface area contributed by atoms with Crippen LogP contribution in [-0.2, 0) is 16.6 Å². The molecule has 0 unspecified atom stereocenters. The van der Waals surface area contributed by atoms with Gasteiger partial charge in [-0.2, -0.15) is 0 Å². The summed E-state index contributed by atoms with van der Waals surface area (Å²) in [6.45, 7) is 0.163. The molecule has 0 aliphatic rings. The molecule has 0 spiro atoms. The summed E-state index contributed by atoms with van der Waals surface area (Å²) in [4.78, 5) is 21.9. The van der Waals surface area contributed by atoms with E-state index >= 15 is 0 Å². The molecule has 0 aliphatic carbocycles. The van der Waals surface area contributed by atoms with Gasteiger partial charge in [-0.15, -0.1) is 0 Å². The van der Waals surface area contributed by atoms with Gasteiger partial charge < -0.3 is 5.32 Å². The standard InChI is InChI=1S/C23H20N4O3S/c1-31(29,30)27-20-10-4-2-7-17(20)15-25-23(28)19-13-22(16-8-6-12-24-14-16)26-21-11-5-3-9-18(19)21/h2-14,27H,15H2,1H3,(H,25,28). The van der Waals surface area contributed by atoms with E-state index in [1.54, 1.807) is 42.7 Å². The third-order valence-electron chi connectivity index (χ3n) is 4.67. The number of anilines is 1. The summed E-state index contributed by atoms with van der Waals surface area (Å²) in [5, 5.41) is 3.63. The molecule has 0 fully saturated rings. The lowest BCUT2D eigenvalue weighted by atomic mass is 10.0. The number of para-hydroxylation sites is 2. The zero-order valence-electron chi connectivity index (χ0n) is 16.7. The summed E-state index contributed by atoms with van der Waals surface area (Å²) in [6.07, 6.45) is 4.47. The first-order valence-electron chi connectivity index (χ1n) is 9.55. The fourth-order valence-corrected chi connectivity index (χ4v) is 3.87. The molecule has 2 aromatic heterocycles. The third kappa shape index (κ3) is 4.87. The van der Waals surface area contributed by atoms with Gasteiger partial charge in [-0.05, 0) is 35.9 Å². The molecule has 0 aliphatic heterocycles. The monoisotopic (exact) mass is 432 g/mol. The second-order valence-corrected chi connectivity index (χ2v) is 8.78. The Labute approximate surface area is 180 Å². The van der Waals surface area contributed by atoms with E-state index in [1.807, 2.05) is 36.4 Å². The van der Waals surface area contributed by atoms with Crippen molar-refractivity contribution in [2.24, 2.45) is 0 Å². The Bertz CT molecular complexity index is 1360. The molecule has 0 saturated heterocycles. The van der Waals surface area contributed by atoms with E-state index < -0.39 is 10.0 Å². The summed E-state index contributed by atoms with van der Waals surface area (Å²) < 4.78 is 25.7. The Morgan fingerprint density at radius 2 is 1.77 bits per heavy atom. The van der Waals surface area contributed by atoms with E-state index in [2.05, 4.69) is 20.0 Å². The minimum atomic E-state index is -3.43. The first kappa shape index (κ1) is 20.5. The van der Waals surface area contributed by atoms with Crippen LogP contribution in [0.15, 0.2) is 79.1 Å². The lowest BCUT2D eigenvalue weighted by molar-refractivity contribution is 0.0952. The zero-order chi connectivity index (χ0) is 21.8. The van der Waals surface area contributed by atoms with Gasteiger partial charge in [-0.25, -0.2) is 13.4 Å². The molecular weight excluding hydrogens is 412 g/mol. The number of amides is 1. The van der Waals surface area contributed by atoms with E-state index in [9.17, 15) is 13.2 Å². The number of rotatable bonds is 6. The van der Waals surface area contributed by atoms with Crippen molar-refractivity contribution in [3.05, 3.63) is 90.3 Å². The van der Waals surface area contributed by atoms with Crippen molar-refractivity contribution in [1.29, 1.82) is 0 Å². The van der Waals surface area contributed by atoms with Crippen molar-refractivity contribution in [2.75, 3.05) is 11.0 Å². The smallest absolute Gasteiger partial charge is 0.252 e.